The largest absolute Gasteiger partial charge is 0.497 e. The highest BCUT2D eigenvalue weighted by Crippen LogP contribution is 2.43. The van der Waals surface area contributed by atoms with Crippen LogP contribution >= 0.6 is 0 Å². The number of unbranched alkanes of at least 4 members (excludes halogenated alkanes) is 18. The summed E-state index contributed by atoms with van der Waals surface area (Å²) >= 11 is 0. The number of amides is 2. The van der Waals surface area contributed by atoms with Gasteiger partial charge in [0.15, 0.2) is 18.4 Å². The van der Waals surface area contributed by atoms with Gasteiger partial charge in [-0.1, -0.05) is 184 Å². The number of aromatic amines is 1. The van der Waals surface area contributed by atoms with E-state index in [0.29, 0.717) is 24.6 Å². The molecule has 0 bridgehead atoms. The first kappa shape index (κ1) is 55.3. The van der Waals surface area contributed by atoms with Crippen molar-refractivity contribution in [2.45, 2.75) is 172 Å². The van der Waals surface area contributed by atoms with Crippen LogP contribution < -0.4 is 31.4 Å². The number of benzene rings is 3. The topological polar surface area (TPSA) is 168 Å². The highest BCUT2D eigenvalue weighted by molar-refractivity contribution is 5.68. The first-order valence-corrected chi connectivity index (χ1v) is 26.1. The van der Waals surface area contributed by atoms with Gasteiger partial charge < -0.3 is 39.1 Å². The van der Waals surface area contributed by atoms with Crippen LogP contribution in [0.25, 0.3) is 0 Å². The van der Waals surface area contributed by atoms with Crippen molar-refractivity contribution in [3.8, 4) is 11.5 Å². The van der Waals surface area contributed by atoms with Crippen LogP contribution in [0.5, 0.6) is 11.5 Å². The molecule has 384 valence electrons. The van der Waals surface area contributed by atoms with Crippen molar-refractivity contribution in [3.63, 3.8) is 0 Å². The van der Waals surface area contributed by atoms with E-state index in [1.165, 1.54) is 89.3 Å². The van der Waals surface area contributed by atoms with Crippen molar-refractivity contribution in [1.29, 1.82) is 0 Å². The molecule has 1 aliphatic heterocycles. The number of hydrogen-bond acceptors (Lipinski definition) is 10. The van der Waals surface area contributed by atoms with E-state index < -0.39 is 53.6 Å². The maximum absolute atomic E-state index is 13.8. The van der Waals surface area contributed by atoms with Crippen molar-refractivity contribution in [2.75, 3.05) is 33.9 Å². The Morgan fingerprint density at radius 3 is 1.44 bits per heavy atom. The summed E-state index contributed by atoms with van der Waals surface area (Å²) in [5.41, 5.74) is -0.415. The smallest absolute Gasteiger partial charge is 0.407 e. The van der Waals surface area contributed by atoms with E-state index in [4.69, 9.17) is 28.4 Å². The van der Waals surface area contributed by atoms with Gasteiger partial charge in [0.05, 0.1) is 20.8 Å². The number of hydrogen-bond donors (Lipinski definition) is 3. The molecule has 0 spiro atoms. The minimum Gasteiger partial charge on any atom is -0.497 e. The summed E-state index contributed by atoms with van der Waals surface area (Å²) in [5.74, 6) is 1.30. The number of nitrogens with zero attached hydrogens (tertiary/aromatic N) is 1. The van der Waals surface area contributed by atoms with Gasteiger partial charge in [0.25, 0.3) is 5.56 Å². The molecular formula is C56H80N4O10. The first-order valence-electron chi connectivity index (χ1n) is 26.1. The van der Waals surface area contributed by atoms with Crippen molar-refractivity contribution in [1.82, 2.24) is 20.2 Å². The highest BCUT2D eigenvalue weighted by atomic mass is 16.7. The Hall–Kier alpha value is -5.60. The molecule has 0 unspecified atom stereocenters. The molecule has 14 nitrogen and oxygen atoms in total. The van der Waals surface area contributed by atoms with Gasteiger partial charge >= 0.3 is 17.9 Å². The molecule has 14 heteroatoms. The Balaban J connectivity index is 1.40. The Labute approximate surface area is 415 Å². The van der Waals surface area contributed by atoms with Gasteiger partial charge in [0.1, 0.15) is 23.2 Å². The molecule has 5 rings (SSSR count). The minimum atomic E-state index is -1.35. The molecule has 70 heavy (non-hydrogen) atoms. The van der Waals surface area contributed by atoms with Crippen LogP contribution in [0.2, 0.25) is 0 Å². The van der Waals surface area contributed by atoms with Crippen molar-refractivity contribution in [2.24, 2.45) is 0 Å². The van der Waals surface area contributed by atoms with Crippen molar-refractivity contribution in [3.05, 3.63) is 129 Å². The van der Waals surface area contributed by atoms with Gasteiger partial charge in [-0.15, -0.1) is 0 Å². The van der Waals surface area contributed by atoms with Crippen LogP contribution in [0.4, 0.5) is 9.59 Å². The average Bonchev–Trinajstić information content (AvgIpc) is 3.70. The number of carbonyl (C=O) groups is 2. The van der Waals surface area contributed by atoms with Crippen LogP contribution in [0, 0.1) is 0 Å². The maximum Gasteiger partial charge on any atom is 0.407 e. The Morgan fingerprint density at radius 2 is 1.00 bits per heavy atom. The lowest BCUT2D eigenvalue weighted by Gasteiger charge is -2.37. The molecule has 2 amide bonds. The molecule has 0 aliphatic carbocycles. The van der Waals surface area contributed by atoms with Crippen LogP contribution in [-0.2, 0) is 24.5 Å². The number of alkyl carbamates (subject to hydrolysis) is 2. The molecule has 3 N–H and O–H groups in total. The predicted molar refractivity (Wildman–Crippen MR) is 274 cm³/mol. The van der Waals surface area contributed by atoms with Gasteiger partial charge in [-0.25, -0.2) is 14.4 Å². The van der Waals surface area contributed by atoms with Crippen LogP contribution in [0.3, 0.4) is 0 Å². The standard InChI is InChI=1S/C56H80N4O10/c1-5-7-9-11-13-15-17-19-21-26-39-57-54(63)69-50-48(42-67-56(43-28-24-23-25-29-43,44-30-34-46(65-3)35-31-44)45-32-36-47(66-4)37-33-45)68-52(60-41-38-49(61)59-53(60)62)51(50)70-55(64)58-40-27-22-20-18-16-14-12-10-8-6-2/h23-25,28-38,41,48,50-52H,5-22,26-27,39-40,42H2,1-4H3,(H,57,63)(H,58,64)(H,59,61,62)/t48-,50-,51-,52-/m1/s1. The van der Waals surface area contributed by atoms with Gasteiger partial charge in [0.2, 0.25) is 0 Å². The fourth-order valence-electron chi connectivity index (χ4n) is 9.18. The highest BCUT2D eigenvalue weighted by Gasteiger charge is 2.52. The minimum absolute atomic E-state index is 0.224. The molecule has 2 heterocycles. The van der Waals surface area contributed by atoms with E-state index in [1.807, 2.05) is 78.9 Å². The summed E-state index contributed by atoms with van der Waals surface area (Å²) in [5, 5.41) is 5.76. The number of ether oxygens (including phenoxy) is 6. The summed E-state index contributed by atoms with van der Waals surface area (Å²) < 4.78 is 38.4. The zero-order chi connectivity index (χ0) is 49.8. The van der Waals surface area contributed by atoms with Gasteiger partial charge in [-0.3, -0.25) is 14.3 Å². The van der Waals surface area contributed by atoms with Crippen LogP contribution in [-0.4, -0.2) is 74.0 Å². The third kappa shape index (κ3) is 17.1. The van der Waals surface area contributed by atoms with Crippen molar-refractivity contribution < 1.29 is 38.0 Å². The fourth-order valence-corrected chi connectivity index (χ4v) is 9.18. The number of aromatic nitrogens is 2. The van der Waals surface area contributed by atoms with Gasteiger partial charge in [0, 0.05) is 25.4 Å². The van der Waals surface area contributed by atoms with E-state index in [0.717, 1.165) is 72.6 Å². The normalized spacial score (nSPS) is 16.7. The third-order valence-corrected chi connectivity index (χ3v) is 13.1. The quantitative estimate of drug-likeness (QED) is 0.0309. The third-order valence-electron chi connectivity index (χ3n) is 13.1. The lowest BCUT2D eigenvalue weighted by molar-refractivity contribution is -0.0966. The first-order chi connectivity index (χ1) is 34.2. The SMILES string of the molecule is CCCCCCCCCCCCNC(=O)O[C@@H]1[C@H](OC(=O)NCCCCCCCCCCCC)[C@@H](COC(c2ccccc2)(c2ccc(OC)cc2)c2ccc(OC)cc2)O[C@H]1n1ccc(=O)[nH]c1=O. The molecule has 4 atom stereocenters. The van der Waals surface area contributed by atoms with Gasteiger partial charge in [-0.05, 0) is 53.8 Å². The molecule has 0 saturated carbocycles. The van der Waals surface area contributed by atoms with E-state index in [2.05, 4.69) is 29.5 Å². The van der Waals surface area contributed by atoms with Gasteiger partial charge in [-0.2, -0.15) is 0 Å². The fraction of sp³-hybridized carbons (Fsp3) is 0.571. The average molecular weight is 969 g/mol. The molecular weight excluding hydrogens is 889 g/mol. The summed E-state index contributed by atoms with van der Waals surface area (Å²) in [6.45, 7) is 4.97. The van der Waals surface area contributed by atoms with E-state index >= 15 is 0 Å². The summed E-state index contributed by atoms with van der Waals surface area (Å²) in [6, 6.07) is 26.0. The zero-order valence-electron chi connectivity index (χ0n) is 42.3. The number of carbonyl (C=O) groups excluding carboxylic acids is 2. The zero-order valence-corrected chi connectivity index (χ0v) is 42.3. The molecule has 4 aromatic rings. The molecule has 1 fully saturated rings. The van der Waals surface area contributed by atoms with E-state index in [-0.39, 0.29) is 6.61 Å². The summed E-state index contributed by atoms with van der Waals surface area (Å²) in [6.07, 6.45) is 17.7. The molecule has 1 aliphatic rings. The van der Waals surface area contributed by atoms with Crippen LogP contribution in [0.15, 0.2) is 101 Å². The Kier molecular flexibility index (Phi) is 24.4. The number of methoxy groups -OCH3 is 2. The summed E-state index contributed by atoms with van der Waals surface area (Å²) in [4.78, 5) is 55.6. The number of H-pyrrole nitrogens is 1. The molecule has 1 saturated heterocycles. The Morgan fingerprint density at radius 1 is 0.571 bits per heavy atom. The summed E-state index contributed by atoms with van der Waals surface area (Å²) in [7, 11) is 3.21. The second-order valence-corrected chi connectivity index (χ2v) is 18.4. The number of nitrogens with one attached hydrogen (secondary N) is 3. The number of rotatable bonds is 33. The lowest BCUT2D eigenvalue weighted by Crippen LogP contribution is -2.46. The molecule has 1 aromatic heterocycles. The second-order valence-electron chi connectivity index (χ2n) is 18.4. The molecule has 3 aromatic carbocycles. The second kappa shape index (κ2) is 30.9. The predicted octanol–water partition coefficient (Wildman–Crippen LogP) is 11.5. The monoisotopic (exact) mass is 969 g/mol. The maximum atomic E-state index is 13.8. The van der Waals surface area contributed by atoms with E-state index in [1.54, 1.807) is 14.2 Å². The van der Waals surface area contributed by atoms with Crippen LogP contribution in [0.1, 0.15) is 165 Å². The van der Waals surface area contributed by atoms with Crippen molar-refractivity contribution >= 4 is 12.2 Å². The Bertz CT molecular complexity index is 2150. The van der Waals surface area contributed by atoms with E-state index in [9.17, 15) is 19.2 Å². The molecule has 0 radical (unpaired) electrons. The lowest BCUT2D eigenvalue weighted by atomic mass is 9.80.